The molecule has 3 rings (SSSR count). The first-order valence-corrected chi connectivity index (χ1v) is 8.81. The minimum Gasteiger partial charge on any atom is -0.369 e. The number of carbonyl (C=O) groups excluding carboxylic acids is 1. The van der Waals surface area contributed by atoms with Gasteiger partial charge in [0, 0.05) is 49.1 Å². The molecule has 0 saturated carbocycles. The number of hydrogen-bond acceptors (Lipinski definition) is 3. The Morgan fingerprint density at radius 3 is 2.48 bits per heavy atom. The number of rotatable bonds is 4. The molecule has 0 atom stereocenters. The number of urea groups is 1. The van der Waals surface area contributed by atoms with Crippen molar-refractivity contribution < 1.29 is 4.79 Å². The van der Waals surface area contributed by atoms with Crippen molar-refractivity contribution in [1.82, 2.24) is 10.2 Å². The summed E-state index contributed by atoms with van der Waals surface area (Å²) in [6.45, 7) is 4.65. The van der Waals surface area contributed by atoms with E-state index in [-0.39, 0.29) is 6.03 Å². The van der Waals surface area contributed by atoms with Gasteiger partial charge in [0.1, 0.15) is 0 Å². The fourth-order valence-electron chi connectivity index (χ4n) is 2.82. The number of nitrogens with one attached hydrogen (secondary N) is 2. The van der Waals surface area contributed by atoms with E-state index in [2.05, 4.69) is 39.6 Å². The molecule has 1 aliphatic heterocycles. The Morgan fingerprint density at radius 2 is 1.80 bits per heavy atom. The van der Waals surface area contributed by atoms with Crippen LogP contribution in [0.15, 0.2) is 48.5 Å². The second-order valence-corrected chi connectivity index (χ2v) is 6.71. The van der Waals surface area contributed by atoms with Gasteiger partial charge in [-0.1, -0.05) is 23.7 Å². The van der Waals surface area contributed by atoms with Gasteiger partial charge in [0.05, 0.1) is 0 Å². The predicted octanol–water partition coefficient (Wildman–Crippen LogP) is 3.41. The minimum atomic E-state index is -0.229. The normalized spacial score (nSPS) is 15.0. The Labute approximate surface area is 153 Å². The van der Waals surface area contributed by atoms with Crippen LogP contribution < -0.4 is 15.5 Å². The van der Waals surface area contributed by atoms with Crippen molar-refractivity contribution in [2.24, 2.45) is 0 Å². The van der Waals surface area contributed by atoms with Gasteiger partial charge in [-0.15, -0.1) is 0 Å². The van der Waals surface area contributed by atoms with Gasteiger partial charge in [-0.05, 0) is 49.0 Å². The molecule has 1 saturated heterocycles. The average Bonchev–Trinajstić information content (AvgIpc) is 2.62. The van der Waals surface area contributed by atoms with Gasteiger partial charge in [0.15, 0.2) is 0 Å². The van der Waals surface area contributed by atoms with Crippen LogP contribution in [-0.2, 0) is 6.54 Å². The molecule has 5 nitrogen and oxygen atoms in total. The standard InChI is InChI=1S/C19H23ClN4O/c1-23-9-11-24(12-10-23)18-7-5-17(6-8-18)22-19(25)21-14-15-3-2-4-16(20)13-15/h2-8,13H,9-12,14H2,1H3,(H2,21,22,25). The quantitative estimate of drug-likeness (QED) is 0.880. The van der Waals surface area contributed by atoms with Gasteiger partial charge >= 0.3 is 6.03 Å². The maximum atomic E-state index is 12.0. The molecule has 1 heterocycles. The van der Waals surface area contributed by atoms with Crippen LogP contribution in [0.4, 0.5) is 16.2 Å². The number of likely N-dealkylation sites (N-methyl/N-ethyl adjacent to an activating group) is 1. The molecule has 0 radical (unpaired) electrons. The Kier molecular flexibility index (Phi) is 5.79. The van der Waals surface area contributed by atoms with E-state index in [1.54, 1.807) is 0 Å². The fraction of sp³-hybridized carbons (Fsp3) is 0.316. The highest BCUT2D eigenvalue weighted by Crippen LogP contribution is 2.19. The first-order valence-electron chi connectivity index (χ1n) is 8.43. The Morgan fingerprint density at radius 1 is 1.08 bits per heavy atom. The summed E-state index contributed by atoms with van der Waals surface area (Å²) in [7, 11) is 2.15. The molecule has 2 amide bonds. The highest BCUT2D eigenvalue weighted by molar-refractivity contribution is 6.30. The maximum Gasteiger partial charge on any atom is 0.319 e. The van der Waals surface area contributed by atoms with Crippen molar-refractivity contribution in [3.8, 4) is 0 Å². The van der Waals surface area contributed by atoms with E-state index < -0.39 is 0 Å². The van der Waals surface area contributed by atoms with Gasteiger partial charge in [-0.2, -0.15) is 0 Å². The SMILES string of the molecule is CN1CCN(c2ccc(NC(=O)NCc3cccc(Cl)c3)cc2)CC1. The summed E-state index contributed by atoms with van der Waals surface area (Å²) >= 11 is 5.94. The second kappa shape index (κ2) is 8.23. The molecule has 0 bridgehead atoms. The molecule has 1 aliphatic rings. The smallest absolute Gasteiger partial charge is 0.319 e. The van der Waals surface area contributed by atoms with Gasteiger partial charge in [0.2, 0.25) is 0 Å². The van der Waals surface area contributed by atoms with E-state index in [1.165, 1.54) is 5.69 Å². The molecule has 0 unspecified atom stereocenters. The predicted molar refractivity (Wildman–Crippen MR) is 103 cm³/mol. The molecule has 2 aromatic carbocycles. The van der Waals surface area contributed by atoms with Crippen LogP contribution in [0.2, 0.25) is 5.02 Å². The third-order valence-corrected chi connectivity index (χ3v) is 4.57. The van der Waals surface area contributed by atoms with Crippen LogP contribution in [0.5, 0.6) is 0 Å². The van der Waals surface area contributed by atoms with Crippen molar-refractivity contribution >= 4 is 29.0 Å². The molecule has 0 spiro atoms. The average molecular weight is 359 g/mol. The lowest BCUT2D eigenvalue weighted by atomic mass is 10.2. The van der Waals surface area contributed by atoms with E-state index >= 15 is 0 Å². The Bertz CT molecular complexity index is 712. The Balaban J connectivity index is 1.50. The molecular weight excluding hydrogens is 336 g/mol. The van der Waals surface area contributed by atoms with Crippen molar-refractivity contribution in [2.75, 3.05) is 43.4 Å². The van der Waals surface area contributed by atoms with Crippen molar-refractivity contribution in [2.45, 2.75) is 6.54 Å². The monoisotopic (exact) mass is 358 g/mol. The minimum absolute atomic E-state index is 0.229. The summed E-state index contributed by atoms with van der Waals surface area (Å²) in [4.78, 5) is 16.7. The topological polar surface area (TPSA) is 47.6 Å². The largest absolute Gasteiger partial charge is 0.369 e. The third-order valence-electron chi connectivity index (χ3n) is 4.34. The molecule has 132 valence electrons. The summed E-state index contributed by atoms with van der Waals surface area (Å²) in [5.41, 5.74) is 2.94. The zero-order valence-corrected chi connectivity index (χ0v) is 15.1. The molecule has 0 aliphatic carbocycles. The molecule has 2 aromatic rings. The number of halogens is 1. The van der Waals surface area contributed by atoms with E-state index in [0.717, 1.165) is 37.4 Å². The van der Waals surface area contributed by atoms with Crippen molar-refractivity contribution in [3.63, 3.8) is 0 Å². The number of hydrogen-bond donors (Lipinski definition) is 2. The summed E-state index contributed by atoms with van der Waals surface area (Å²) in [6, 6.07) is 15.2. The lowest BCUT2D eigenvalue weighted by molar-refractivity contribution is 0.251. The Hall–Kier alpha value is -2.24. The molecular formula is C19H23ClN4O. The van der Waals surface area contributed by atoms with E-state index in [4.69, 9.17) is 11.6 Å². The number of amides is 2. The molecule has 2 N–H and O–H groups in total. The first kappa shape index (κ1) is 17.6. The lowest BCUT2D eigenvalue weighted by Crippen LogP contribution is -2.44. The van der Waals surface area contributed by atoms with Crippen molar-refractivity contribution in [3.05, 3.63) is 59.1 Å². The molecule has 6 heteroatoms. The second-order valence-electron chi connectivity index (χ2n) is 6.27. The van der Waals surface area contributed by atoms with Crippen LogP contribution in [0, 0.1) is 0 Å². The number of benzene rings is 2. The van der Waals surface area contributed by atoms with Gasteiger partial charge in [-0.3, -0.25) is 0 Å². The van der Waals surface area contributed by atoms with E-state index in [1.807, 2.05) is 36.4 Å². The van der Waals surface area contributed by atoms with Crippen LogP contribution in [0.1, 0.15) is 5.56 Å². The number of nitrogens with zero attached hydrogens (tertiary/aromatic N) is 2. The highest BCUT2D eigenvalue weighted by Gasteiger charge is 2.14. The molecule has 1 fully saturated rings. The van der Waals surface area contributed by atoms with Gasteiger partial charge in [0.25, 0.3) is 0 Å². The maximum absolute atomic E-state index is 12.0. The van der Waals surface area contributed by atoms with Gasteiger partial charge < -0.3 is 20.4 Å². The number of carbonyl (C=O) groups is 1. The van der Waals surface area contributed by atoms with E-state index in [0.29, 0.717) is 11.6 Å². The summed E-state index contributed by atoms with van der Waals surface area (Å²) in [5.74, 6) is 0. The zero-order valence-electron chi connectivity index (χ0n) is 14.3. The van der Waals surface area contributed by atoms with Crippen LogP contribution >= 0.6 is 11.6 Å². The summed E-state index contributed by atoms with van der Waals surface area (Å²) < 4.78 is 0. The van der Waals surface area contributed by atoms with Crippen LogP contribution in [0.3, 0.4) is 0 Å². The van der Waals surface area contributed by atoms with E-state index in [9.17, 15) is 4.79 Å². The third kappa shape index (κ3) is 5.11. The van der Waals surface area contributed by atoms with Crippen LogP contribution in [0.25, 0.3) is 0 Å². The number of piperazine rings is 1. The summed E-state index contributed by atoms with van der Waals surface area (Å²) in [6.07, 6.45) is 0. The fourth-order valence-corrected chi connectivity index (χ4v) is 3.04. The highest BCUT2D eigenvalue weighted by atomic mass is 35.5. The molecule has 0 aromatic heterocycles. The van der Waals surface area contributed by atoms with Crippen LogP contribution in [-0.4, -0.2) is 44.2 Å². The lowest BCUT2D eigenvalue weighted by Gasteiger charge is -2.34. The molecule has 25 heavy (non-hydrogen) atoms. The first-order chi connectivity index (χ1) is 12.1. The summed E-state index contributed by atoms with van der Waals surface area (Å²) in [5, 5.41) is 6.35. The number of anilines is 2. The van der Waals surface area contributed by atoms with Crippen molar-refractivity contribution in [1.29, 1.82) is 0 Å². The van der Waals surface area contributed by atoms with Gasteiger partial charge in [-0.25, -0.2) is 4.79 Å². The zero-order chi connectivity index (χ0) is 17.6.